The number of ether oxygens (including phenoxy) is 1. The van der Waals surface area contributed by atoms with Crippen molar-refractivity contribution < 1.29 is 9.53 Å². The summed E-state index contributed by atoms with van der Waals surface area (Å²) in [7, 11) is 0. The number of thiazole rings is 1. The lowest BCUT2D eigenvalue weighted by Crippen LogP contribution is -2.36. The Hall–Kier alpha value is -1.45. The number of halogens is 2. The Balaban J connectivity index is 0.00000156. The molecule has 1 saturated heterocycles. The molecule has 0 aromatic carbocycles. The zero-order chi connectivity index (χ0) is 16.1. The topological polar surface area (TPSA) is 93.4 Å². The van der Waals surface area contributed by atoms with Crippen LogP contribution in [0, 0.1) is 0 Å². The smallest absolute Gasteiger partial charge is 0.271 e. The van der Waals surface area contributed by atoms with Gasteiger partial charge in [0.1, 0.15) is 16.5 Å². The Bertz CT molecular complexity index is 679. The fourth-order valence-corrected chi connectivity index (χ4v) is 2.97. The molecule has 138 valence electrons. The summed E-state index contributed by atoms with van der Waals surface area (Å²) in [5, 5.41) is 5.36. The molecule has 3 heterocycles. The highest BCUT2D eigenvalue weighted by molar-refractivity contribution is 7.09. The number of rotatable bonds is 5. The summed E-state index contributed by atoms with van der Waals surface area (Å²) in [6.45, 7) is 3.90. The molecule has 3 N–H and O–H groups in total. The lowest BCUT2D eigenvalue weighted by atomic mass is 10.2. The molecule has 2 aromatic heterocycles. The van der Waals surface area contributed by atoms with Crippen LogP contribution >= 0.6 is 36.2 Å². The van der Waals surface area contributed by atoms with Crippen molar-refractivity contribution >= 4 is 47.9 Å². The summed E-state index contributed by atoms with van der Waals surface area (Å²) in [5.41, 5.74) is 6.93. The lowest BCUT2D eigenvalue weighted by Gasteiger charge is -2.28. The van der Waals surface area contributed by atoms with Crippen molar-refractivity contribution in [2.24, 2.45) is 5.73 Å². The van der Waals surface area contributed by atoms with E-state index < -0.39 is 0 Å². The second-order valence-electron chi connectivity index (χ2n) is 5.13. The molecule has 25 heavy (non-hydrogen) atoms. The summed E-state index contributed by atoms with van der Waals surface area (Å²) >= 11 is 1.40. The number of morpholine rings is 1. The number of hydrogen-bond acceptors (Lipinski definition) is 7. The number of carbonyl (C=O) groups is 1. The largest absolute Gasteiger partial charge is 0.378 e. The number of aromatic nitrogens is 2. The summed E-state index contributed by atoms with van der Waals surface area (Å²) in [5.74, 6) is 0.727. The molecule has 7 nitrogen and oxygen atoms in total. The van der Waals surface area contributed by atoms with E-state index in [1.54, 1.807) is 11.6 Å². The van der Waals surface area contributed by atoms with E-state index in [9.17, 15) is 4.79 Å². The van der Waals surface area contributed by atoms with Crippen molar-refractivity contribution in [2.75, 3.05) is 31.2 Å². The Morgan fingerprint density at radius 2 is 2.12 bits per heavy atom. The van der Waals surface area contributed by atoms with Crippen LogP contribution in [0.15, 0.2) is 23.7 Å². The van der Waals surface area contributed by atoms with E-state index in [-0.39, 0.29) is 30.7 Å². The Kier molecular flexibility index (Phi) is 9.09. The van der Waals surface area contributed by atoms with Gasteiger partial charge in [-0.2, -0.15) is 0 Å². The minimum atomic E-state index is -0.189. The fourth-order valence-electron chi connectivity index (χ4n) is 2.32. The number of hydrogen-bond donors (Lipinski definition) is 2. The first-order valence-corrected chi connectivity index (χ1v) is 8.34. The third-order valence-corrected chi connectivity index (χ3v) is 4.43. The van der Waals surface area contributed by atoms with Crippen molar-refractivity contribution in [1.82, 2.24) is 15.3 Å². The molecule has 0 unspecified atom stereocenters. The summed E-state index contributed by atoms with van der Waals surface area (Å²) in [6, 6.07) is 3.90. The summed E-state index contributed by atoms with van der Waals surface area (Å²) < 4.78 is 5.35. The van der Waals surface area contributed by atoms with E-state index in [4.69, 9.17) is 10.5 Å². The average Bonchev–Trinajstić information content (AvgIpc) is 3.10. The number of nitrogens with two attached hydrogens (primary N) is 1. The number of nitrogens with zero attached hydrogens (tertiary/aromatic N) is 3. The fraction of sp³-hybridized carbons (Fsp3) is 0.400. The molecule has 1 aliphatic heterocycles. The second-order valence-corrected chi connectivity index (χ2v) is 6.08. The zero-order valence-electron chi connectivity index (χ0n) is 13.5. The molecular formula is C15H21Cl2N5O2S. The molecule has 0 radical (unpaired) electrons. The molecule has 0 atom stereocenters. The van der Waals surface area contributed by atoms with Gasteiger partial charge >= 0.3 is 0 Å². The van der Waals surface area contributed by atoms with E-state index in [1.807, 2.05) is 12.1 Å². The number of pyridine rings is 1. The molecule has 0 aliphatic carbocycles. The van der Waals surface area contributed by atoms with Crippen molar-refractivity contribution in [3.63, 3.8) is 0 Å². The highest BCUT2D eigenvalue weighted by atomic mass is 35.5. The van der Waals surface area contributed by atoms with Gasteiger partial charge in [-0.3, -0.25) is 4.79 Å². The molecule has 0 bridgehead atoms. The first-order valence-electron chi connectivity index (χ1n) is 7.46. The van der Waals surface area contributed by atoms with Gasteiger partial charge in [0.15, 0.2) is 0 Å². The van der Waals surface area contributed by atoms with Gasteiger partial charge in [-0.15, -0.1) is 36.2 Å². The number of anilines is 1. The van der Waals surface area contributed by atoms with Gasteiger partial charge in [0, 0.05) is 37.8 Å². The van der Waals surface area contributed by atoms with Crippen LogP contribution in [0.25, 0.3) is 0 Å². The van der Waals surface area contributed by atoms with Crippen LogP contribution in [0.2, 0.25) is 0 Å². The van der Waals surface area contributed by atoms with E-state index in [0.717, 1.165) is 42.7 Å². The first-order chi connectivity index (χ1) is 11.3. The molecule has 3 rings (SSSR count). The van der Waals surface area contributed by atoms with Crippen LogP contribution in [0.4, 0.5) is 5.82 Å². The monoisotopic (exact) mass is 405 g/mol. The third-order valence-electron chi connectivity index (χ3n) is 3.56. The quantitative estimate of drug-likeness (QED) is 0.784. The predicted octanol–water partition coefficient (Wildman–Crippen LogP) is 1.61. The van der Waals surface area contributed by atoms with Crippen LogP contribution in [-0.4, -0.2) is 42.2 Å². The number of carbonyl (C=O) groups excluding carboxylic acids is 1. The minimum absolute atomic E-state index is 0. The highest BCUT2D eigenvalue weighted by Crippen LogP contribution is 2.14. The van der Waals surface area contributed by atoms with E-state index in [2.05, 4.69) is 20.2 Å². The second kappa shape index (κ2) is 10.5. The van der Waals surface area contributed by atoms with Crippen LogP contribution in [0.5, 0.6) is 0 Å². The van der Waals surface area contributed by atoms with Crippen LogP contribution < -0.4 is 16.0 Å². The summed E-state index contributed by atoms with van der Waals surface area (Å²) in [6.07, 6.45) is 1.77. The summed E-state index contributed by atoms with van der Waals surface area (Å²) in [4.78, 5) is 22.8. The Morgan fingerprint density at radius 1 is 1.36 bits per heavy atom. The Labute approximate surface area is 162 Å². The van der Waals surface area contributed by atoms with Crippen molar-refractivity contribution in [1.29, 1.82) is 0 Å². The normalized spacial score (nSPS) is 13.6. The van der Waals surface area contributed by atoms with E-state index in [0.29, 0.717) is 18.8 Å². The van der Waals surface area contributed by atoms with Crippen molar-refractivity contribution in [3.05, 3.63) is 40.0 Å². The lowest BCUT2D eigenvalue weighted by molar-refractivity contribution is 0.0946. The number of nitrogens with one attached hydrogen (secondary N) is 1. The van der Waals surface area contributed by atoms with Gasteiger partial charge in [0.2, 0.25) is 0 Å². The maximum Gasteiger partial charge on any atom is 0.271 e. The third kappa shape index (κ3) is 5.79. The van der Waals surface area contributed by atoms with Gasteiger partial charge < -0.3 is 20.7 Å². The molecular weight excluding hydrogens is 385 g/mol. The van der Waals surface area contributed by atoms with E-state index in [1.165, 1.54) is 11.3 Å². The standard InChI is InChI=1S/C15H19N5O2S.2ClH/c16-8-14-19-12(10-23-14)15(21)18-9-11-1-2-17-13(7-11)20-3-5-22-6-4-20;;/h1-2,7,10H,3-6,8-9,16H2,(H,18,21);2*1H. The van der Waals surface area contributed by atoms with Gasteiger partial charge in [0.05, 0.1) is 13.2 Å². The van der Waals surface area contributed by atoms with Gasteiger partial charge in [-0.05, 0) is 17.7 Å². The van der Waals surface area contributed by atoms with Gasteiger partial charge in [-0.25, -0.2) is 9.97 Å². The first kappa shape index (κ1) is 21.6. The van der Waals surface area contributed by atoms with Gasteiger partial charge in [0.25, 0.3) is 5.91 Å². The maximum absolute atomic E-state index is 12.1. The van der Waals surface area contributed by atoms with Crippen molar-refractivity contribution in [2.45, 2.75) is 13.1 Å². The molecule has 1 aliphatic rings. The van der Waals surface area contributed by atoms with Crippen LogP contribution in [0.3, 0.4) is 0 Å². The molecule has 0 saturated carbocycles. The predicted molar refractivity (Wildman–Crippen MR) is 103 cm³/mol. The molecule has 1 fully saturated rings. The Morgan fingerprint density at radius 3 is 2.80 bits per heavy atom. The van der Waals surface area contributed by atoms with Crippen molar-refractivity contribution in [3.8, 4) is 0 Å². The molecule has 10 heteroatoms. The highest BCUT2D eigenvalue weighted by Gasteiger charge is 2.13. The zero-order valence-corrected chi connectivity index (χ0v) is 16.0. The molecule has 2 aromatic rings. The maximum atomic E-state index is 12.1. The molecule has 1 amide bonds. The minimum Gasteiger partial charge on any atom is -0.378 e. The molecule has 0 spiro atoms. The van der Waals surface area contributed by atoms with Crippen LogP contribution in [-0.2, 0) is 17.8 Å². The van der Waals surface area contributed by atoms with Crippen LogP contribution in [0.1, 0.15) is 21.1 Å². The SMILES string of the molecule is Cl.Cl.NCc1nc(C(=O)NCc2ccnc(N3CCOCC3)c2)cs1. The average molecular weight is 406 g/mol. The van der Waals surface area contributed by atoms with E-state index >= 15 is 0 Å². The van der Waals surface area contributed by atoms with Gasteiger partial charge in [-0.1, -0.05) is 0 Å². The number of amides is 1.